The highest BCUT2D eigenvalue weighted by Crippen LogP contribution is 2.30. The smallest absolute Gasteiger partial charge is 0.188 e. The van der Waals surface area contributed by atoms with Crippen molar-refractivity contribution in [2.75, 3.05) is 20.1 Å². The Morgan fingerprint density at radius 1 is 1.60 bits per heavy atom. The Balaban J connectivity index is 2.24. The summed E-state index contributed by atoms with van der Waals surface area (Å²) < 4.78 is 0. The van der Waals surface area contributed by atoms with Crippen LogP contribution in [0.25, 0.3) is 0 Å². The highest BCUT2D eigenvalue weighted by molar-refractivity contribution is 7.13. The summed E-state index contributed by atoms with van der Waals surface area (Å²) in [5.74, 6) is 0.611. The molecule has 82 valence electrons. The summed E-state index contributed by atoms with van der Waals surface area (Å²) in [6, 6.07) is 0. The third-order valence-electron chi connectivity index (χ3n) is 2.91. The van der Waals surface area contributed by atoms with Crippen LogP contribution in [-0.2, 0) is 0 Å². The summed E-state index contributed by atoms with van der Waals surface area (Å²) >= 11 is 1.53. The van der Waals surface area contributed by atoms with E-state index in [4.69, 9.17) is 0 Å². The molecule has 1 fully saturated rings. The number of ketones is 1. The van der Waals surface area contributed by atoms with E-state index in [1.807, 2.05) is 0 Å². The molecule has 1 atom stereocenters. The molecule has 0 amide bonds. The summed E-state index contributed by atoms with van der Waals surface area (Å²) in [7, 11) is 2.13. The second-order valence-corrected chi connectivity index (χ2v) is 5.47. The third-order valence-corrected chi connectivity index (χ3v) is 4.00. The van der Waals surface area contributed by atoms with Crippen LogP contribution in [0.3, 0.4) is 0 Å². The highest BCUT2D eigenvalue weighted by Gasteiger charge is 2.25. The molecule has 3 nitrogen and oxygen atoms in total. The van der Waals surface area contributed by atoms with Crippen molar-refractivity contribution in [2.24, 2.45) is 0 Å². The molecule has 0 aliphatic carbocycles. The van der Waals surface area contributed by atoms with Gasteiger partial charge in [-0.25, -0.2) is 4.98 Å². The average molecular weight is 224 g/mol. The van der Waals surface area contributed by atoms with Crippen LogP contribution < -0.4 is 0 Å². The lowest BCUT2D eigenvalue weighted by Crippen LogP contribution is -2.13. The van der Waals surface area contributed by atoms with Crippen LogP contribution in [0.2, 0.25) is 0 Å². The molecule has 0 saturated carbocycles. The van der Waals surface area contributed by atoms with Crippen molar-refractivity contribution in [1.29, 1.82) is 0 Å². The number of nitrogens with zero attached hydrogens (tertiary/aromatic N) is 2. The summed E-state index contributed by atoms with van der Waals surface area (Å²) in [5, 5.41) is 0.664. The number of hydrogen-bond donors (Lipinski definition) is 0. The zero-order valence-corrected chi connectivity index (χ0v) is 10.2. The number of hydrogen-bond acceptors (Lipinski definition) is 4. The minimum atomic E-state index is 0.0840. The SMILES string of the molecule is CC(=O)c1nc(C2CCN(C)C2)c(C)s1. The van der Waals surface area contributed by atoms with Gasteiger partial charge in [0.2, 0.25) is 0 Å². The number of rotatable bonds is 2. The first-order valence-corrected chi connectivity index (χ1v) is 6.06. The van der Waals surface area contributed by atoms with Gasteiger partial charge in [-0.3, -0.25) is 4.79 Å². The van der Waals surface area contributed by atoms with Crippen molar-refractivity contribution in [2.45, 2.75) is 26.2 Å². The standard InChI is InChI=1S/C11H16N2OS/c1-7(14)11-12-10(8(2)15-11)9-4-5-13(3)6-9/h9H,4-6H2,1-3H3. The van der Waals surface area contributed by atoms with E-state index in [9.17, 15) is 4.79 Å². The number of carbonyl (C=O) groups excluding carboxylic acids is 1. The molecule has 1 aromatic heterocycles. The molecule has 0 N–H and O–H groups in total. The number of carbonyl (C=O) groups is 1. The first-order chi connectivity index (χ1) is 7.08. The summed E-state index contributed by atoms with van der Waals surface area (Å²) in [4.78, 5) is 19.2. The fraction of sp³-hybridized carbons (Fsp3) is 0.636. The van der Waals surface area contributed by atoms with Gasteiger partial charge in [-0.2, -0.15) is 0 Å². The monoisotopic (exact) mass is 224 g/mol. The zero-order chi connectivity index (χ0) is 11.0. The van der Waals surface area contributed by atoms with Gasteiger partial charge >= 0.3 is 0 Å². The maximum absolute atomic E-state index is 11.2. The Labute approximate surface area is 94.1 Å². The Kier molecular flexibility index (Phi) is 2.89. The van der Waals surface area contributed by atoms with Gasteiger partial charge in [0.25, 0.3) is 0 Å². The van der Waals surface area contributed by atoms with Gasteiger partial charge in [0, 0.05) is 24.3 Å². The lowest BCUT2D eigenvalue weighted by atomic mass is 10.0. The number of likely N-dealkylation sites (tertiary alicyclic amines) is 1. The minimum Gasteiger partial charge on any atom is -0.306 e. The Hall–Kier alpha value is -0.740. The molecule has 1 unspecified atom stereocenters. The van der Waals surface area contributed by atoms with E-state index in [0.29, 0.717) is 10.9 Å². The second-order valence-electron chi connectivity index (χ2n) is 4.26. The number of aryl methyl sites for hydroxylation is 1. The first-order valence-electron chi connectivity index (χ1n) is 5.24. The fourth-order valence-corrected chi connectivity index (χ4v) is 2.99. The van der Waals surface area contributed by atoms with E-state index >= 15 is 0 Å². The van der Waals surface area contributed by atoms with E-state index in [1.165, 1.54) is 22.6 Å². The Morgan fingerprint density at radius 2 is 2.33 bits per heavy atom. The molecule has 0 aromatic carbocycles. The van der Waals surface area contributed by atoms with Gasteiger partial charge in [0.05, 0.1) is 5.69 Å². The largest absolute Gasteiger partial charge is 0.306 e. The second kappa shape index (κ2) is 4.02. The van der Waals surface area contributed by atoms with Gasteiger partial charge in [-0.1, -0.05) is 0 Å². The third kappa shape index (κ3) is 2.11. The minimum absolute atomic E-state index is 0.0840. The lowest BCUT2D eigenvalue weighted by molar-refractivity contribution is 0.101. The quantitative estimate of drug-likeness (QED) is 0.721. The molecule has 2 rings (SSSR count). The number of likely N-dealkylation sites (N-methyl/N-ethyl adjacent to an activating group) is 1. The molecule has 0 bridgehead atoms. The van der Waals surface area contributed by atoms with Crippen molar-refractivity contribution in [3.8, 4) is 0 Å². The summed E-state index contributed by atoms with van der Waals surface area (Å²) in [5.41, 5.74) is 1.15. The van der Waals surface area contributed by atoms with Gasteiger partial charge in [-0.15, -0.1) is 11.3 Å². The lowest BCUT2D eigenvalue weighted by Gasteiger charge is -2.08. The Morgan fingerprint density at radius 3 is 2.80 bits per heavy atom. The fourth-order valence-electron chi connectivity index (χ4n) is 2.10. The molecule has 1 aliphatic rings. The molecular formula is C11H16N2OS. The van der Waals surface area contributed by atoms with Crippen molar-refractivity contribution < 1.29 is 4.79 Å². The van der Waals surface area contributed by atoms with Crippen molar-refractivity contribution in [3.05, 3.63) is 15.6 Å². The number of Topliss-reactive ketones (excluding diaryl/α,β-unsaturated/α-hetero) is 1. The van der Waals surface area contributed by atoms with Crippen LogP contribution in [0.15, 0.2) is 0 Å². The zero-order valence-electron chi connectivity index (χ0n) is 9.41. The van der Waals surface area contributed by atoms with E-state index in [2.05, 4.69) is 23.9 Å². The van der Waals surface area contributed by atoms with Crippen molar-refractivity contribution in [3.63, 3.8) is 0 Å². The van der Waals surface area contributed by atoms with Gasteiger partial charge in [0.1, 0.15) is 0 Å². The van der Waals surface area contributed by atoms with E-state index in [0.717, 1.165) is 18.8 Å². The molecule has 0 radical (unpaired) electrons. The highest BCUT2D eigenvalue weighted by atomic mass is 32.1. The van der Waals surface area contributed by atoms with Gasteiger partial charge in [-0.05, 0) is 26.9 Å². The molecule has 4 heteroatoms. The van der Waals surface area contributed by atoms with Crippen LogP contribution in [0, 0.1) is 6.92 Å². The van der Waals surface area contributed by atoms with Crippen LogP contribution >= 0.6 is 11.3 Å². The van der Waals surface area contributed by atoms with Gasteiger partial charge in [0.15, 0.2) is 10.8 Å². The Bertz CT molecular complexity index is 386. The predicted octanol–water partition coefficient (Wildman–Crippen LogP) is 2.07. The predicted molar refractivity (Wildman–Crippen MR) is 61.7 cm³/mol. The van der Waals surface area contributed by atoms with Crippen LogP contribution in [0.5, 0.6) is 0 Å². The van der Waals surface area contributed by atoms with Gasteiger partial charge < -0.3 is 4.90 Å². The maximum Gasteiger partial charge on any atom is 0.188 e. The van der Waals surface area contributed by atoms with Crippen LogP contribution in [-0.4, -0.2) is 35.8 Å². The maximum atomic E-state index is 11.2. The van der Waals surface area contributed by atoms with Crippen molar-refractivity contribution in [1.82, 2.24) is 9.88 Å². The van der Waals surface area contributed by atoms with Crippen molar-refractivity contribution >= 4 is 17.1 Å². The molecule has 0 spiro atoms. The molecule has 15 heavy (non-hydrogen) atoms. The van der Waals surface area contributed by atoms with Crippen LogP contribution in [0.4, 0.5) is 0 Å². The molecular weight excluding hydrogens is 208 g/mol. The number of aromatic nitrogens is 1. The molecule has 1 aliphatic heterocycles. The number of thiazole rings is 1. The normalized spacial score (nSPS) is 22.2. The van der Waals surface area contributed by atoms with E-state index < -0.39 is 0 Å². The topological polar surface area (TPSA) is 33.2 Å². The summed E-state index contributed by atoms with van der Waals surface area (Å²) in [6.45, 7) is 5.86. The summed E-state index contributed by atoms with van der Waals surface area (Å²) in [6.07, 6.45) is 1.17. The van der Waals surface area contributed by atoms with E-state index in [1.54, 1.807) is 6.92 Å². The van der Waals surface area contributed by atoms with E-state index in [-0.39, 0.29) is 5.78 Å². The first kappa shape index (κ1) is 10.8. The molecule has 1 saturated heterocycles. The average Bonchev–Trinajstić information content (AvgIpc) is 2.71. The molecule has 2 heterocycles. The molecule has 1 aromatic rings. The van der Waals surface area contributed by atoms with Crippen LogP contribution in [0.1, 0.15) is 39.6 Å².